The van der Waals surface area contributed by atoms with Crippen molar-refractivity contribution in [3.8, 4) is 0 Å². The summed E-state index contributed by atoms with van der Waals surface area (Å²) in [5.74, 6) is 0. The molecule has 0 radical (unpaired) electrons. The monoisotopic (exact) mass is 291 g/mol. The molecule has 0 saturated carbocycles. The first-order chi connectivity index (χ1) is 10.1. The number of hydrogen-bond donors (Lipinski definition) is 1. The first kappa shape index (κ1) is 15.9. The Bertz CT molecular complexity index is 455. The lowest BCUT2D eigenvalue weighted by molar-refractivity contribution is -0.384. The number of likely N-dealkylation sites (N-methyl/N-ethyl adjacent to an activating group) is 1. The van der Waals surface area contributed by atoms with Gasteiger partial charge in [-0.05, 0) is 38.4 Å². The summed E-state index contributed by atoms with van der Waals surface area (Å²) in [5.41, 5.74) is 1.29. The molecule has 1 N–H and O–H groups in total. The Labute approximate surface area is 126 Å². The zero-order chi connectivity index (χ0) is 15.2. The van der Waals surface area contributed by atoms with Crippen LogP contribution in [0.2, 0.25) is 0 Å². The molecule has 21 heavy (non-hydrogen) atoms. The van der Waals surface area contributed by atoms with Gasteiger partial charge in [-0.3, -0.25) is 15.0 Å². The molecule has 0 bridgehead atoms. The second-order valence-electron chi connectivity index (χ2n) is 5.76. The number of nitro groups is 1. The van der Waals surface area contributed by atoms with Crippen molar-refractivity contribution in [1.29, 1.82) is 0 Å². The summed E-state index contributed by atoms with van der Waals surface area (Å²) in [4.78, 5) is 12.8. The van der Waals surface area contributed by atoms with Crippen LogP contribution >= 0.6 is 0 Å². The minimum absolute atomic E-state index is 0.156. The Hall–Kier alpha value is -1.46. The molecule has 0 aliphatic carbocycles. The van der Waals surface area contributed by atoms with Gasteiger partial charge in [0.1, 0.15) is 0 Å². The molecular formula is C16H25N3O2. The normalized spacial score (nSPS) is 20.4. The molecule has 1 saturated heterocycles. The summed E-state index contributed by atoms with van der Waals surface area (Å²) < 4.78 is 0. The van der Waals surface area contributed by atoms with Crippen LogP contribution in [0.5, 0.6) is 0 Å². The largest absolute Gasteiger partial charge is 0.313 e. The van der Waals surface area contributed by atoms with Crippen LogP contribution in [0.4, 0.5) is 5.69 Å². The second-order valence-corrected chi connectivity index (χ2v) is 5.76. The fraction of sp³-hybridized carbons (Fsp3) is 0.625. The maximum atomic E-state index is 10.7. The molecule has 2 rings (SSSR count). The number of piperidine rings is 1. The standard InChI is InChI=1S/C16H25N3O2/c1-3-18(12-15-6-4-5-11-17-15)13(2)14-7-9-16(10-8-14)19(20)21/h7-10,13,15,17H,3-6,11-12H2,1-2H3. The number of nitrogens with zero attached hydrogens (tertiary/aromatic N) is 2. The van der Waals surface area contributed by atoms with E-state index in [0.717, 1.165) is 25.2 Å². The fourth-order valence-electron chi connectivity index (χ4n) is 3.01. The Balaban J connectivity index is 2.00. The van der Waals surface area contributed by atoms with Gasteiger partial charge in [-0.15, -0.1) is 0 Å². The number of hydrogen-bond acceptors (Lipinski definition) is 4. The lowest BCUT2D eigenvalue weighted by atomic mass is 10.0. The Morgan fingerprint density at radius 3 is 2.62 bits per heavy atom. The second kappa shape index (κ2) is 7.52. The highest BCUT2D eigenvalue weighted by Crippen LogP contribution is 2.23. The topological polar surface area (TPSA) is 58.4 Å². The Morgan fingerprint density at radius 1 is 1.38 bits per heavy atom. The molecule has 1 aromatic rings. The van der Waals surface area contributed by atoms with Gasteiger partial charge in [0.2, 0.25) is 0 Å². The van der Waals surface area contributed by atoms with Gasteiger partial charge in [0.15, 0.2) is 0 Å². The molecule has 0 spiro atoms. The van der Waals surface area contributed by atoms with E-state index >= 15 is 0 Å². The number of rotatable bonds is 6. The van der Waals surface area contributed by atoms with E-state index in [2.05, 4.69) is 24.1 Å². The summed E-state index contributed by atoms with van der Waals surface area (Å²) in [6, 6.07) is 7.79. The van der Waals surface area contributed by atoms with Crippen molar-refractivity contribution in [3.63, 3.8) is 0 Å². The van der Waals surface area contributed by atoms with Gasteiger partial charge in [0, 0.05) is 30.8 Å². The van der Waals surface area contributed by atoms with Crippen molar-refractivity contribution in [2.24, 2.45) is 0 Å². The van der Waals surface area contributed by atoms with Gasteiger partial charge >= 0.3 is 0 Å². The minimum Gasteiger partial charge on any atom is -0.313 e. The molecule has 1 fully saturated rings. The first-order valence-electron chi connectivity index (χ1n) is 7.83. The molecule has 1 aliphatic rings. The van der Waals surface area contributed by atoms with Gasteiger partial charge < -0.3 is 5.32 Å². The maximum Gasteiger partial charge on any atom is 0.269 e. The highest BCUT2D eigenvalue weighted by molar-refractivity contribution is 5.34. The lowest BCUT2D eigenvalue weighted by Crippen LogP contribution is -2.44. The van der Waals surface area contributed by atoms with Crippen molar-refractivity contribution in [3.05, 3.63) is 39.9 Å². The van der Waals surface area contributed by atoms with E-state index < -0.39 is 0 Å². The lowest BCUT2D eigenvalue weighted by Gasteiger charge is -2.34. The maximum absolute atomic E-state index is 10.7. The summed E-state index contributed by atoms with van der Waals surface area (Å²) in [7, 11) is 0. The van der Waals surface area contributed by atoms with E-state index in [1.54, 1.807) is 12.1 Å². The third kappa shape index (κ3) is 4.25. The van der Waals surface area contributed by atoms with Crippen LogP contribution in [0.3, 0.4) is 0 Å². The minimum atomic E-state index is -0.349. The van der Waals surface area contributed by atoms with Crippen molar-refractivity contribution in [2.75, 3.05) is 19.6 Å². The highest BCUT2D eigenvalue weighted by Gasteiger charge is 2.20. The third-order valence-electron chi connectivity index (χ3n) is 4.41. The summed E-state index contributed by atoms with van der Waals surface area (Å²) in [6.07, 6.45) is 3.82. The van der Waals surface area contributed by atoms with E-state index in [0.29, 0.717) is 6.04 Å². The molecule has 0 amide bonds. The average Bonchev–Trinajstić information content (AvgIpc) is 2.53. The zero-order valence-electron chi connectivity index (χ0n) is 12.9. The molecule has 1 aromatic carbocycles. The molecule has 2 unspecified atom stereocenters. The van der Waals surface area contributed by atoms with E-state index in [9.17, 15) is 10.1 Å². The summed E-state index contributed by atoms with van der Waals surface area (Å²) in [5, 5.41) is 14.3. The average molecular weight is 291 g/mol. The molecular weight excluding hydrogens is 266 g/mol. The third-order valence-corrected chi connectivity index (χ3v) is 4.41. The van der Waals surface area contributed by atoms with E-state index in [1.165, 1.54) is 19.3 Å². The van der Waals surface area contributed by atoms with Gasteiger partial charge in [-0.2, -0.15) is 0 Å². The highest BCUT2D eigenvalue weighted by atomic mass is 16.6. The van der Waals surface area contributed by atoms with E-state index in [1.807, 2.05) is 12.1 Å². The molecule has 116 valence electrons. The fourth-order valence-corrected chi connectivity index (χ4v) is 3.01. The van der Waals surface area contributed by atoms with Crippen molar-refractivity contribution in [1.82, 2.24) is 10.2 Å². The first-order valence-corrected chi connectivity index (χ1v) is 7.83. The van der Waals surface area contributed by atoms with Gasteiger partial charge in [0.05, 0.1) is 4.92 Å². The van der Waals surface area contributed by atoms with Crippen LogP contribution in [-0.4, -0.2) is 35.5 Å². The molecule has 1 aliphatic heterocycles. The van der Waals surface area contributed by atoms with Crippen LogP contribution in [0.1, 0.15) is 44.7 Å². The van der Waals surface area contributed by atoms with Crippen LogP contribution in [0.25, 0.3) is 0 Å². The van der Waals surface area contributed by atoms with Gasteiger partial charge in [-0.25, -0.2) is 0 Å². The van der Waals surface area contributed by atoms with Crippen molar-refractivity contribution < 1.29 is 4.92 Å². The number of nitrogens with one attached hydrogen (secondary N) is 1. The molecule has 5 heteroatoms. The summed E-state index contributed by atoms with van der Waals surface area (Å²) in [6.45, 7) is 7.48. The van der Waals surface area contributed by atoms with Crippen LogP contribution in [0, 0.1) is 10.1 Å². The Morgan fingerprint density at radius 2 is 2.10 bits per heavy atom. The quantitative estimate of drug-likeness (QED) is 0.646. The predicted molar refractivity (Wildman–Crippen MR) is 84.4 cm³/mol. The smallest absolute Gasteiger partial charge is 0.269 e. The zero-order valence-corrected chi connectivity index (χ0v) is 12.9. The van der Waals surface area contributed by atoms with Crippen LogP contribution < -0.4 is 5.32 Å². The molecule has 0 aromatic heterocycles. The van der Waals surface area contributed by atoms with Crippen molar-refractivity contribution >= 4 is 5.69 Å². The van der Waals surface area contributed by atoms with E-state index in [-0.39, 0.29) is 16.7 Å². The Kier molecular flexibility index (Phi) is 5.70. The SMILES string of the molecule is CCN(CC1CCCCN1)C(C)c1ccc([N+](=O)[O-])cc1. The van der Waals surface area contributed by atoms with Crippen LogP contribution in [0.15, 0.2) is 24.3 Å². The number of benzene rings is 1. The van der Waals surface area contributed by atoms with Crippen LogP contribution in [-0.2, 0) is 0 Å². The number of nitro benzene ring substituents is 1. The molecule has 2 atom stereocenters. The van der Waals surface area contributed by atoms with Gasteiger partial charge in [0.25, 0.3) is 5.69 Å². The summed E-state index contributed by atoms with van der Waals surface area (Å²) >= 11 is 0. The van der Waals surface area contributed by atoms with Gasteiger partial charge in [-0.1, -0.05) is 25.5 Å². The molecule has 5 nitrogen and oxygen atoms in total. The van der Waals surface area contributed by atoms with E-state index in [4.69, 9.17) is 0 Å². The van der Waals surface area contributed by atoms with Crippen molar-refractivity contribution in [2.45, 2.75) is 45.2 Å². The predicted octanol–water partition coefficient (Wildman–Crippen LogP) is 3.12. The number of non-ortho nitro benzene ring substituents is 1. The molecule has 1 heterocycles.